The molecule has 11 nitrogen and oxygen atoms in total. The number of hydrogen-bond acceptors (Lipinski definition) is 11. The van der Waals surface area contributed by atoms with Gasteiger partial charge in [-0.05, 0) is 99.8 Å². The number of methoxy groups -OCH3 is 1. The maximum Gasteiger partial charge on any atom is 0.334 e. The third kappa shape index (κ3) is 14.2. The fourth-order valence-electron chi connectivity index (χ4n) is 4.16. The van der Waals surface area contributed by atoms with Gasteiger partial charge in [0.2, 0.25) is 0 Å². The molecule has 1 aliphatic rings. The summed E-state index contributed by atoms with van der Waals surface area (Å²) >= 11 is 0. The summed E-state index contributed by atoms with van der Waals surface area (Å²) < 4.78 is 34.9. The molecule has 0 aromatic rings. The van der Waals surface area contributed by atoms with Crippen molar-refractivity contribution in [2.24, 2.45) is 0 Å². The Bertz CT molecular complexity index is 945. The predicted octanol–water partition coefficient (Wildman–Crippen LogP) is 4.81. The molecule has 0 saturated carbocycles. The highest BCUT2D eigenvalue weighted by molar-refractivity contribution is 6.74. The highest BCUT2D eigenvalue weighted by Gasteiger charge is 2.44. The van der Waals surface area contributed by atoms with Crippen LogP contribution in [0.25, 0.3) is 0 Å². The Morgan fingerprint density at radius 3 is 1.80 bits per heavy atom. The Morgan fingerprint density at radius 2 is 1.36 bits per heavy atom. The molecular formula is C32H62N2O9Si. The van der Waals surface area contributed by atoms with Gasteiger partial charge in [0.15, 0.2) is 8.32 Å². The lowest BCUT2D eigenvalue weighted by molar-refractivity contribution is -0.172. The van der Waals surface area contributed by atoms with Crippen molar-refractivity contribution in [3.05, 3.63) is 0 Å². The molecule has 1 fully saturated rings. The van der Waals surface area contributed by atoms with E-state index in [0.29, 0.717) is 13.0 Å². The van der Waals surface area contributed by atoms with E-state index >= 15 is 0 Å². The van der Waals surface area contributed by atoms with Gasteiger partial charge >= 0.3 is 17.9 Å². The second-order valence-electron chi connectivity index (χ2n) is 16.1. The number of carbonyl (C=O) groups excluding carboxylic acids is 3. The van der Waals surface area contributed by atoms with Crippen LogP contribution in [-0.2, 0) is 42.5 Å². The molecule has 0 radical (unpaired) electrons. The molecule has 0 bridgehead atoms. The Labute approximate surface area is 267 Å². The summed E-state index contributed by atoms with van der Waals surface area (Å²) in [6.07, 6.45) is -0.635. The third-order valence-electron chi connectivity index (χ3n) is 7.34. The standard InChI is InChI=1S/C32H62N2O9Si/c1-29(2,3)40-26(35)22-17-19-34(22)20-24(39-21-38-13)25(28(37)42-31(7,8)9)33-18-16-23(27(36)41-30(4,5)6)43-44(14,15)32(10,11)12/h22-25,33H,16-21H2,1-15H3/t22-,23-,24-,25-/m0/s1. The van der Waals surface area contributed by atoms with Gasteiger partial charge in [-0.2, -0.15) is 0 Å². The van der Waals surface area contributed by atoms with Crippen molar-refractivity contribution < 1.29 is 42.5 Å². The van der Waals surface area contributed by atoms with Gasteiger partial charge in [0, 0.05) is 20.2 Å². The molecule has 0 aromatic heterocycles. The Kier molecular flexibility index (Phi) is 14.5. The first kappa shape index (κ1) is 40.5. The molecular weight excluding hydrogens is 584 g/mol. The van der Waals surface area contributed by atoms with Crippen LogP contribution in [0.1, 0.15) is 95.9 Å². The molecule has 4 atom stereocenters. The first-order valence-electron chi connectivity index (χ1n) is 15.7. The summed E-state index contributed by atoms with van der Waals surface area (Å²) in [5.74, 6) is -1.25. The van der Waals surface area contributed by atoms with Gasteiger partial charge in [-0.3, -0.25) is 14.5 Å². The highest BCUT2D eigenvalue weighted by Crippen LogP contribution is 2.38. The summed E-state index contributed by atoms with van der Waals surface area (Å²) in [7, 11) is -0.839. The van der Waals surface area contributed by atoms with E-state index in [1.807, 2.05) is 46.4 Å². The van der Waals surface area contributed by atoms with E-state index in [4.69, 9.17) is 28.1 Å². The Morgan fingerprint density at radius 1 is 0.841 bits per heavy atom. The maximum atomic E-state index is 13.6. The average molecular weight is 647 g/mol. The summed E-state index contributed by atoms with van der Waals surface area (Å²) in [5, 5.41) is 3.17. The second-order valence-corrected chi connectivity index (χ2v) is 20.9. The molecule has 12 heteroatoms. The van der Waals surface area contributed by atoms with Crippen molar-refractivity contribution >= 4 is 26.2 Å². The van der Waals surface area contributed by atoms with Crippen LogP contribution in [0.3, 0.4) is 0 Å². The van der Waals surface area contributed by atoms with Crippen LogP contribution in [0.5, 0.6) is 0 Å². The monoisotopic (exact) mass is 646 g/mol. The first-order chi connectivity index (χ1) is 19.8. The lowest BCUT2D eigenvalue weighted by Crippen LogP contribution is -2.60. The van der Waals surface area contributed by atoms with Crippen molar-refractivity contribution in [1.29, 1.82) is 0 Å². The molecule has 0 aliphatic carbocycles. The minimum atomic E-state index is -2.34. The molecule has 1 saturated heterocycles. The zero-order valence-electron chi connectivity index (χ0n) is 30.2. The number of likely N-dealkylation sites (tertiary alicyclic amines) is 1. The summed E-state index contributed by atoms with van der Waals surface area (Å²) in [5.41, 5.74) is -2.04. The fraction of sp³-hybridized carbons (Fsp3) is 0.906. The smallest absolute Gasteiger partial charge is 0.334 e. The summed E-state index contributed by atoms with van der Waals surface area (Å²) in [6, 6.07) is -1.35. The molecule has 0 spiro atoms. The van der Waals surface area contributed by atoms with Crippen molar-refractivity contribution in [2.75, 3.05) is 33.5 Å². The average Bonchev–Trinajstić information content (AvgIpc) is 2.76. The molecule has 0 aromatic carbocycles. The third-order valence-corrected chi connectivity index (χ3v) is 11.8. The predicted molar refractivity (Wildman–Crippen MR) is 173 cm³/mol. The molecule has 1 rings (SSSR count). The zero-order chi connectivity index (χ0) is 34.3. The minimum absolute atomic E-state index is 0.0639. The minimum Gasteiger partial charge on any atom is -0.459 e. The van der Waals surface area contributed by atoms with Crippen LogP contribution < -0.4 is 5.32 Å². The van der Waals surface area contributed by atoms with Crippen LogP contribution in [0, 0.1) is 0 Å². The quantitative estimate of drug-likeness (QED) is 0.114. The number of esters is 3. The molecule has 1 heterocycles. The van der Waals surface area contributed by atoms with Crippen molar-refractivity contribution in [1.82, 2.24) is 10.2 Å². The van der Waals surface area contributed by atoms with Crippen molar-refractivity contribution in [3.8, 4) is 0 Å². The number of nitrogens with zero attached hydrogens (tertiary/aromatic N) is 1. The van der Waals surface area contributed by atoms with E-state index in [9.17, 15) is 14.4 Å². The van der Waals surface area contributed by atoms with E-state index in [1.165, 1.54) is 7.11 Å². The van der Waals surface area contributed by atoms with Crippen LogP contribution in [-0.4, -0.2) is 106 Å². The van der Waals surface area contributed by atoms with Gasteiger partial charge in [0.25, 0.3) is 0 Å². The number of rotatable bonds is 15. The fourth-order valence-corrected chi connectivity index (χ4v) is 5.44. The first-order valence-corrected chi connectivity index (χ1v) is 18.6. The van der Waals surface area contributed by atoms with Crippen molar-refractivity contribution in [3.63, 3.8) is 0 Å². The van der Waals surface area contributed by atoms with Crippen LogP contribution in [0.15, 0.2) is 0 Å². The van der Waals surface area contributed by atoms with E-state index in [-0.39, 0.29) is 37.3 Å². The maximum absolute atomic E-state index is 13.6. The van der Waals surface area contributed by atoms with Crippen molar-refractivity contribution in [2.45, 2.75) is 155 Å². The number of nitrogens with one attached hydrogen (secondary N) is 1. The largest absolute Gasteiger partial charge is 0.459 e. The van der Waals surface area contributed by atoms with E-state index in [0.717, 1.165) is 0 Å². The van der Waals surface area contributed by atoms with E-state index < -0.39 is 61.4 Å². The van der Waals surface area contributed by atoms with Gasteiger partial charge in [-0.15, -0.1) is 0 Å². The van der Waals surface area contributed by atoms with E-state index in [2.05, 4.69) is 39.2 Å². The van der Waals surface area contributed by atoms with Crippen LogP contribution in [0.2, 0.25) is 18.1 Å². The van der Waals surface area contributed by atoms with Gasteiger partial charge in [0.1, 0.15) is 41.8 Å². The number of hydrogen-bond donors (Lipinski definition) is 1. The van der Waals surface area contributed by atoms with Crippen LogP contribution >= 0.6 is 0 Å². The molecule has 0 unspecified atom stereocenters. The Hall–Kier alpha value is -1.57. The zero-order valence-corrected chi connectivity index (χ0v) is 31.2. The molecule has 1 N–H and O–H groups in total. The molecule has 0 amide bonds. The topological polar surface area (TPSA) is 122 Å². The molecule has 44 heavy (non-hydrogen) atoms. The highest BCUT2D eigenvalue weighted by atomic mass is 28.4. The lowest BCUT2D eigenvalue weighted by atomic mass is 10.00. The van der Waals surface area contributed by atoms with Gasteiger partial charge in [-0.1, -0.05) is 20.8 Å². The molecule has 1 aliphatic heterocycles. The van der Waals surface area contributed by atoms with Gasteiger partial charge in [0.05, 0.1) is 6.10 Å². The Balaban J connectivity index is 3.25. The van der Waals surface area contributed by atoms with E-state index in [1.54, 1.807) is 20.8 Å². The summed E-state index contributed by atoms with van der Waals surface area (Å²) in [4.78, 5) is 41.7. The normalized spacial score (nSPS) is 19.0. The van der Waals surface area contributed by atoms with Crippen LogP contribution in [0.4, 0.5) is 0 Å². The summed E-state index contributed by atoms with van der Waals surface area (Å²) in [6.45, 7) is 28.0. The molecule has 258 valence electrons. The number of carbonyl (C=O) groups is 3. The van der Waals surface area contributed by atoms with Gasteiger partial charge < -0.3 is 33.4 Å². The lowest BCUT2D eigenvalue weighted by Gasteiger charge is -2.43. The number of ether oxygens (including phenoxy) is 5. The second kappa shape index (κ2) is 15.8. The van der Waals surface area contributed by atoms with Gasteiger partial charge in [-0.25, -0.2) is 4.79 Å². The SMILES string of the molecule is COCO[C@@H](CN1CC[C@H]1C(=O)OC(C)(C)C)[C@H](NCC[C@H](O[Si](C)(C)C(C)(C)C)C(=O)OC(C)(C)C)C(=O)OC(C)(C)C.